The van der Waals surface area contributed by atoms with Gasteiger partial charge in [0.1, 0.15) is 6.10 Å². The third-order valence-electron chi connectivity index (χ3n) is 5.82. The lowest BCUT2D eigenvalue weighted by molar-refractivity contribution is -0.156. The first-order valence-electron chi connectivity index (χ1n) is 12.6. The summed E-state index contributed by atoms with van der Waals surface area (Å²) in [5.41, 5.74) is -0.0932. The van der Waals surface area contributed by atoms with Crippen LogP contribution >= 0.6 is 0 Å². The summed E-state index contributed by atoms with van der Waals surface area (Å²) >= 11 is 0. The fraction of sp³-hybridized carbons (Fsp3) is 0.923. The quantitative estimate of drug-likeness (QED) is 0.156. The van der Waals surface area contributed by atoms with E-state index in [1.54, 1.807) is 0 Å². The highest BCUT2D eigenvalue weighted by Gasteiger charge is 2.23. The van der Waals surface area contributed by atoms with Gasteiger partial charge >= 0.3 is 11.9 Å². The Kier molecular flexibility index (Phi) is 18.0. The first kappa shape index (κ1) is 28.9. The molecule has 0 heterocycles. The molecule has 0 bridgehead atoms. The highest BCUT2D eigenvalue weighted by atomic mass is 16.5. The molecule has 0 aliphatic heterocycles. The molecule has 4 heteroatoms. The van der Waals surface area contributed by atoms with Gasteiger partial charge in [-0.25, -0.2) is 0 Å². The number of hydrogen-bond acceptors (Lipinski definition) is 4. The Hall–Kier alpha value is -1.06. The van der Waals surface area contributed by atoms with Crippen LogP contribution in [0.25, 0.3) is 0 Å². The Morgan fingerprint density at radius 3 is 1.50 bits per heavy atom. The minimum Gasteiger partial charge on any atom is -0.466 e. The second kappa shape index (κ2) is 18.7. The molecular formula is C26H50O4. The molecule has 30 heavy (non-hydrogen) atoms. The Morgan fingerprint density at radius 2 is 1.07 bits per heavy atom. The second-order valence-corrected chi connectivity index (χ2v) is 9.81. The summed E-state index contributed by atoms with van der Waals surface area (Å²) < 4.78 is 10.6. The van der Waals surface area contributed by atoms with Crippen LogP contribution in [0.1, 0.15) is 137 Å². The van der Waals surface area contributed by atoms with E-state index >= 15 is 0 Å². The standard InChI is InChI=1S/C26H50O4/c1-6-7-8-9-10-11-12-13-14-15-16-17-18-19-22-29-24(27)20-21-25(28)30-23(2)26(3,4)5/h23H,6-22H2,1-5H3. The first-order valence-corrected chi connectivity index (χ1v) is 12.6. The van der Waals surface area contributed by atoms with Gasteiger partial charge in [0.25, 0.3) is 0 Å². The van der Waals surface area contributed by atoms with Crippen molar-refractivity contribution in [2.45, 2.75) is 143 Å². The van der Waals surface area contributed by atoms with Gasteiger partial charge in [0, 0.05) is 0 Å². The molecule has 0 rings (SSSR count). The van der Waals surface area contributed by atoms with Crippen molar-refractivity contribution >= 4 is 11.9 Å². The van der Waals surface area contributed by atoms with Crippen molar-refractivity contribution in [3.05, 3.63) is 0 Å². The lowest BCUT2D eigenvalue weighted by atomic mass is 9.90. The number of carbonyl (C=O) groups excluding carboxylic acids is 2. The van der Waals surface area contributed by atoms with E-state index in [0.717, 1.165) is 12.8 Å². The van der Waals surface area contributed by atoms with Gasteiger partial charge in [-0.05, 0) is 18.8 Å². The fourth-order valence-corrected chi connectivity index (χ4v) is 3.19. The summed E-state index contributed by atoms with van der Waals surface area (Å²) in [7, 11) is 0. The molecule has 0 aromatic heterocycles. The predicted octanol–water partition coefficient (Wildman–Crippen LogP) is 7.77. The average molecular weight is 427 g/mol. The van der Waals surface area contributed by atoms with E-state index in [9.17, 15) is 9.59 Å². The van der Waals surface area contributed by atoms with Gasteiger partial charge in [0.05, 0.1) is 19.4 Å². The second-order valence-electron chi connectivity index (χ2n) is 9.81. The normalized spacial score (nSPS) is 12.6. The monoisotopic (exact) mass is 426 g/mol. The van der Waals surface area contributed by atoms with Crippen LogP contribution in [-0.2, 0) is 19.1 Å². The Balaban J connectivity index is 3.38. The van der Waals surface area contributed by atoms with Gasteiger partial charge in [-0.3, -0.25) is 9.59 Å². The third kappa shape index (κ3) is 18.9. The summed E-state index contributed by atoms with van der Waals surface area (Å²) in [4.78, 5) is 23.5. The zero-order chi connectivity index (χ0) is 22.7. The molecule has 0 aromatic rings. The molecule has 4 nitrogen and oxygen atoms in total. The number of esters is 2. The van der Waals surface area contributed by atoms with Crippen molar-refractivity contribution in [1.82, 2.24) is 0 Å². The van der Waals surface area contributed by atoms with Gasteiger partial charge < -0.3 is 9.47 Å². The number of rotatable bonds is 19. The van der Waals surface area contributed by atoms with Crippen LogP contribution in [-0.4, -0.2) is 24.6 Å². The Labute approximate surface area is 186 Å². The van der Waals surface area contributed by atoms with E-state index in [1.165, 1.54) is 77.0 Å². The molecule has 0 aromatic carbocycles. The summed E-state index contributed by atoms with van der Waals surface area (Å²) in [6, 6.07) is 0. The molecule has 0 N–H and O–H groups in total. The molecule has 0 radical (unpaired) electrons. The summed E-state index contributed by atoms with van der Waals surface area (Å²) in [5, 5.41) is 0. The zero-order valence-electron chi connectivity index (χ0n) is 20.7. The number of hydrogen-bond donors (Lipinski definition) is 0. The van der Waals surface area contributed by atoms with Crippen molar-refractivity contribution in [3.8, 4) is 0 Å². The van der Waals surface area contributed by atoms with Crippen molar-refractivity contribution < 1.29 is 19.1 Å². The van der Waals surface area contributed by atoms with Crippen LogP contribution in [0.5, 0.6) is 0 Å². The van der Waals surface area contributed by atoms with Gasteiger partial charge in [0.15, 0.2) is 0 Å². The smallest absolute Gasteiger partial charge is 0.306 e. The van der Waals surface area contributed by atoms with Crippen LogP contribution < -0.4 is 0 Å². The maximum atomic E-state index is 11.8. The van der Waals surface area contributed by atoms with Gasteiger partial charge in [-0.1, -0.05) is 111 Å². The molecule has 0 amide bonds. The maximum absolute atomic E-state index is 11.8. The highest BCUT2D eigenvalue weighted by molar-refractivity contribution is 5.77. The molecular weight excluding hydrogens is 376 g/mol. The van der Waals surface area contributed by atoms with Crippen molar-refractivity contribution in [1.29, 1.82) is 0 Å². The third-order valence-corrected chi connectivity index (χ3v) is 5.82. The van der Waals surface area contributed by atoms with Crippen molar-refractivity contribution in [2.75, 3.05) is 6.61 Å². The number of carbonyl (C=O) groups is 2. The lowest BCUT2D eigenvalue weighted by Crippen LogP contribution is -2.28. The lowest BCUT2D eigenvalue weighted by Gasteiger charge is -2.26. The summed E-state index contributed by atoms with van der Waals surface area (Å²) in [6.07, 6.45) is 18.4. The topological polar surface area (TPSA) is 52.6 Å². The first-order chi connectivity index (χ1) is 14.3. The minimum atomic E-state index is -0.328. The van der Waals surface area contributed by atoms with E-state index in [0.29, 0.717) is 6.61 Å². The van der Waals surface area contributed by atoms with Crippen LogP contribution in [0.15, 0.2) is 0 Å². The maximum Gasteiger partial charge on any atom is 0.306 e. The van der Waals surface area contributed by atoms with Crippen molar-refractivity contribution in [2.24, 2.45) is 5.41 Å². The molecule has 0 fully saturated rings. The van der Waals surface area contributed by atoms with Gasteiger partial charge in [-0.2, -0.15) is 0 Å². The van der Waals surface area contributed by atoms with Gasteiger partial charge in [0.2, 0.25) is 0 Å². The van der Waals surface area contributed by atoms with Crippen molar-refractivity contribution in [3.63, 3.8) is 0 Å². The fourth-order valence-electron chi connectivity index (χ4n) is 3.19. The molecule has 0 aliphatic carbocycles. The minimum absolute atomic E-state index is 0.0932. The molecule has 0 saturated heterocycles. The average Bonchev–Trinajstić information content (AvgIpc) is 2.68. The molecule has 1 unspecified atom stereocenters. The van der Waals surface area contributed by atoms with E-state index in [4.69, 9.17) is 9.47 Å². The SMILES string of the molecule is CCCCCCCCCCCCCCCCOC(=O)CCC(=O)OC(C)C(C)(C)C. The highest BCUT2D eigenvalue weighted by Crippen LogP contribution is 2.22. The van der Waals surface area contributed by atoms with E-state index < -0.39 is 0 Å². The molecule has 0 aliphatic rings. The number of ether oxygens (including phenoxy) is 2. The largest absolute Gasteiger partial charge is 0.466 e. The van der Waals surface area contributed by atoms with E-state index in [-0.39, 0.29) is 36.3 Å². The Bertz CT molecular complexity index is 425. The molecule has 178 valence electrons. The van der Waals surface area contributed by atoms with Crippen LogP contribution in [0, 0.1) is 5.41 Å². The predicted molar refractivity (Wildman–Crippen MR) is 126 cm³/mol. The Morgan fingerprint density at radius 1 is 0.667 bits per heavy atom. The number of unbranched alkanes of at least 4 members (excludes halogenated alkanes) is 13. The molecule has 0 spiro atoms. The van der Waals surface area contributed by atoms with Crippen LogP contribution in [0.2, 0.25) is 0 Å². The van der Waals surface area contributed by atoms with Crippen LogP contribution in [0.3, 0.4) is 0 Å². The summed E-state index contributed by atoms with van der Waals surface area (Å²) in [6.45, 7) is 10.7. The molecule has 0 saturated carbocycles. The zero-order valence-corrected chi connectivity index (χ0v) is 20.7. The molecule has 1 atom stereocenters. The summed E-state index contributed by atoms with van der Waals surface area (Å²) in [5.74, 6) is -0.629. The van der Waals surface area contributed by atoms with Gasteiger partial charge in [-0.15, -0.1) is 0 Å². The van der Waals surface area contributed by atoms with E-state index in [1.807, 2.05) is 27.7 Å². The van der Waals surface area contributed by atoms with Crippen LogP contribution in [0.4, 0.5) is 0 Å². The van der Waals surface area contributed by atoms with E-state index in [2.05, 4.69) is 6.92 Å².